The molecule has 1 saturated heterocycles. The van der Waals surface area contributed by atoms with Crippen LogP contribution in [0.3, 0.4) is 0 Å². The lowest BCUT2D eigenvalue weighted by atomic mass is 9.97. The molecule has 1 aliphatic heterocycles. The van der Waals surface area contributed by atoms with Gasteiger partial charge in [-0.1, -0.05) is 31.9 Å². The van der Waals surface area contributed by atoms with Crippen LogP contribution in [-0.4, -0.2) is 37.0 Å². The molecule has 0 bridgehead atoms. The first-order valence-electron chi connectivity index (χ1n) is 8.08. The number of nitrogens with one attached hydrogen (secondary N) is 3. The van der Waals surface area contributed by atoms with E-state index in [0.29, 0.717) is 10.6 Å². The van der Waals surface area contributed by atoms with Gasteiger partial charge in [-0.25, -0.2) is 0 Å². The van der Waals surface area contributed by atoms with E-state index in [1.165, 1.54) is 0 Å². The lowest BCUT2D eigenvalue weighted by molar-refractivity contribution is -0.124. The molecule has 0 aliphatic carbocycles. The van der Waals surface area contributed by atoms with Crippen molar-refractivity contribution in [2.45, 2.75) is 38.8 Å². The molecular formula is C17H25Cl2N3O2. The predicted octanol–water partition coefficient (Wildman–Crippen LogP) is 2.38. The molecule has 1 aromatic rings. The topological polar surface area (TPSA) is 70.2 Å². The van der Waals surface area contributed by atoms with E-state index < -0.39 is 6.04 Å². The molecule has 2 amide bonds. The van der Waals surface area contributed by atoms with Gasteiger partial charge in [0.05, 0.1) is 0 Å². The SMILES string of the molecule is CCC(C)C(NC(=O)c1ccc(Cl)cc1)C(=O)NC1CCNC1.Cl. The van der Waals surface area contributed by atoms with Crippen molar-refractivity contribution in [2.75, 3.05) is 13.1 Å². The highest BCUT2D eigenvalue weighted by atomic mass is 35.5. The second-order valence-corrected chi connectivity index (χ2v) is 6.48. The van der Waals surface area contributed by atoms with Gasteiger partial charge in [0, 0.05) is 23.2 Å². The third kappa shape index (κ3) is 5.65. The molecule has 1 heterocycles. The average molecular weight is 374 g/mol. The molecular weight excluding hydrogens is 349 g/mol. The maximum Gasteiger partial charge on any atom is 0.251 e. The molecule has 134 valence electrons. The van der Waals surface area contributed by atoms with Crippen molar-refractivity contribution < 1.29 is 9.59 Å². The zero-order valence-electron chi connectivity index (χ0n) is 14.0. The first-order chi connectivity index (χ1) is 11.0. The smallest absolute Gasteiger partial charge is 0.251 e. The molecule has 5 nitrogen and oxygen atoms in total. The molecule has 2 rings (SSSR count). The van der Waals surface area contributed by atoms with Crippen LogP contribution < -0.4 is 16.0 Å². The summed E-state index contributed by atoms with van der Waals surface area (Å²) in [6.07, 6.45) is 1.73. The second-order valence-electron chi connectivity index (χ2n) is 6.04. The highest BCUT2D eigenvalue weighted by molar-refractivity contribution is 6.30. The lowest BCUT2D eigenvalue weighted by Crippen LogP contribution is -2.52. The van der Waals surface area contributed by atoms with Crippen LogP contribution in [0.25, 0.3) is 0 Å². The summed E-state index contributed by atoms with van der Waals surface area (Å²) in [4.78, 5) is 24.9. The summed E-state index contributed by atoms with van der Waals surface area (Å²) in [5, 5.41) is 9.68. The molecule has 3 atom stereocenters. The van der Waals surface area contributed by atoms with Gasteiger partial charge in [0.15, 0.2) is 0 Å². The Morgan fingerprint density at radius 3 is 2.54 bits per heavy atom. The van der Waals surface area contributed by atoms with E-state index in [9.17, 15) is 9.59 Å². The van der Waals surface area contributed by atoms with Gasteiger partial charge in [0.2, 0.25) is 5.91 Å². The number of hydrogen-bond acceptors (Lipinski definition) is 3. The Hall–Kier alpha value is -1.30. The van der Waals surface area contributed by atoms with Crippen LogP contribution >= 0.6 is 24.0 Å². The quantitative estimate of drug-likeness (QED) is 0.716. The number of rotatable bonds is 6. The van der Waals surface area contributed by atoms with Gasteiger partial charge < -0.3 is 16.0 Å². The van der Waals surface area contributed by atoms with Gasteiger partial charge in [-0.2, -0.15) is 0 Å². The summed E-state index contributed by atoms with van der Waals surface area (Å²) in [5.74, 6) is -0.317. The molecule has 3 unspecified atom stereocenters. The van der Waals surface area contributed by atoms with Gasteiger partial charge in [0.1, 0.15) is 6.04 Å². The summed E-state index contributed by atoms with van der Waals surface area (Å²) >= 11 is 5.84. The number of benzene rings is 1. The Morgan fingerprint density at radius 1 is 1.33 bits per heavy atom. The van der Waals surface area contributed by atoms with E-state index in [2.05, 4.69) is 16.0 Å². The van der Waals surface area contributed by atoms with Gasteiger partial charge in [-0.15, -0.1) is 12.4 Å². The Morgan fingerprint density at radius 2 is 2.00 bits per heavy atom. The Labute approximate surface area is 154 Å². The summed E-state index contributed by atoms with van der Waals surface area (Å²) in [7, 11) is 0. The fraction of sp³-hybridized carbons (Fsp3) is 0.529. The summed E-state index contributed by atoms with van der Waals surface area (Å²) in [6.45, 7) is 5.68. The molecule has 7 heteroatoms. The minimum absolute atomic E-state index is 0. The van der Waals surface area contributed by atoms with Gasteiger partial charge in [0.25, 0.3) is 5.91 Å². The summed E-state index contributed by atoms with van der Waals surface area (Å²) in [5.41, 5.74) is 0.498. The molecule has 3 N–H and O–H groups in total. The molecule has 0 saturated carbocycles. The maximum absolute atomic E-state index is 12.5. The van der Waals surface area contributed by atoms with Crippen molar-refractivity contribution in [1.29, 1.82) is 0 Å². The van der Waals surface area contributed by atoms with Crippen LogP contribution in [0, 0.1) is 5.92 Å². The number of carbonyl (C=O) groups excluding carboxylic acids is 2. The number of amides is 2. The van der Waals surface area contributed by atoms with Crippen molar-refractivity contribution in [2.24, 2.45) is 5.92 Å². The van der Waals surface area contributed by atoms with Crippen LogP contribution in [0.2, 0.25) is 5.02 Å². The fourth-order valence-electron chi connectivity index (χ4n) is 2.60. The molecule has 1 aliphatic rings. The van der Waals surface area contributed by atoms with Crippen molar-refractivity contribution in [1.82, 2.24) is 16.0 Å². The van der Waals surface area contributed by atoms with Gasteiger partial charge >= 0.3 is 0 Å². The number of halogens is 2. The van der Waals surface area contributed by atoms with E-state index in [4.69, 9.17) is 11.6 Å². The van der Waals surface area contributed by atoms with Crippen LogP contribution in [0.15, 0.2) is 24.3 Å². The van der Waals surface area contributed by atoms with Crippen LogP contribution in [-0.2, 0) is 4.79 Å². The lowest BCUT2D eigenvalue weighted by Gasteiger charge is -2.25. The minimum atomic E-state index is -0.538. The summed E-state index contributed by atoms with van der Waals surface area (Å²) in [6, 6.07) is 6.25. The zero-order chi connectivity index (χ0) is 16.8. The van der Waals surface area contributed by atoms with Crippen LogP contribution in [0.5, 0.6) is 0 Å². The van der Waals surface area contributed by atoms with Crippen LogP contribution in [0.1, 0.15) is 37.0 Å². The van der Waals surface area contributed by atoms with E-state index in [1.807, 2.05) is 13.8 Å². The third-order valence-electron chi connectivity index (χ3n) is 4.30. The molecule has 0 radical (unpaired) electrons. The Balaban J connectivity index is 0.00000288. The van der Waals surface area contributed by atoms with Crippen LogP contribution in [0.4, 0.5) is 0 Å². The van der Waals surface area contributed by atoms with E-state index in [0.717, 1.165) is 25.9 Å². The van der Waals surface area contributed by atoms with E-state index in [-0.39, 0.29) is 36.2 Å². The van der Waals surface area contributed by atoms with Gasteiger partial charge in [-0.3, -0.25) is 9.59 Å². The molecule has 1 fully saturated rings. The first kappa shape index (κ1) is 20.7. The number of carbonyl (C=O) groups is 2. The summed E-state index contributed by atoms with van der Waals surface area (Å²) < 4.78 is 0. The standard InChI is InChI=1S/C17H24ClN3O2.ClH/c1-3-11(2)15(17(23)20-14-8-9-19-10-14)21-16(22)12-4-6-13(18)7-5-12;/h4-7,11,14-15,19H,3,8-10H2,1-2H3,(H,20,23)(H,21,22);1H. The molecule has 1 aromatic carbocycles. The molecule has 0 aromatic heterocycles. The highest BCUT2D eigenvalue weighted by Gasteiger charge is 2.28. The predicted molar refractivity (Wildman–Crippen MR) is 98.8 cm³/mol. The van der Waals surface area contributed by atoms with Crippen molar-refractivity contribution >= 4 is 35.8 Å². The van der Waals surface area contributed by atoms with Crippen molar-refractivity contribution in [3.63, 3.8) is 0 Å². The largest absolute Gasteiger partial charge is 0.350 e. The van der Waals surface area contributed by atoms with E-state index >= 15 is 0 Å². The normalized spacial score (nSPS) is 19.0. The Kier molecular flexibility index (Phi) is 8.53. The first-order valence-corrected chi connectivity index (χ1v) is 8.46. The third-order valence-corrected chi connectivity index (χ3v) is 4.55. The molecule has 0 spiro atoms. The van der Waals surface area contributed by atoms with Crippen molar-refractivity contribution in [3.8, 4) is 0 Å². The second kappa shape index (κ2) is 9.87. The van der Waals surface area contributed by atoms with E-state index in [1.54, 1.807) is 24.3 Å². The zero-order valence-corrected chi connectivity index (χ0v) is 15.5. The molecule has 24 heavy (non-hydrogen) atoms. The highest BCUT2D eigenvalue weighted by Crippen LogP contribution is 2.13. The maximum atomic E-state index is 12.5. The van der Waals surface area contributed by atoms with Gasteiger partial charge in [-0.05, 0) is 43.1 Å². The Bertz CT molecular complexity index is 545. The average Bonchev–Trinajstić information content (AvgIpc) is 3.05. The fourth-order valence-corrected chi connectivity index (χ4v) is 2.72. The minimum Gasteiger partial charge on any atom is -0.350 e. The number of hydrogen-bond donors (Lipinski definition) is 3. The monoisotopic (exact) mass is 373 g/mol. The van der Waals surface area contributed by atoms with Crippen molar-refractivity contribution in [3.05, 3.63) is 34.9 Å².